The Hall–Kier alpha value is -1.94. The zero-order chi connectivity index (χ0) is 15.4. The van der Waals surface area contributed by atoms with Gasteiger partial charge in [-0.15, -0.1) is 0 Å². The SMILES string of the molecule is CCCNC1CCN(C(=O)c2cc3ccccc3cn2)CC1. The molecular weight excluding hydrogens is 274 g/mol. The van der Waals surface area contributed by atoms with E-state index in [0.29, 0.717) is 11.7 Å². The average molecular weight is 297 g/mol. The molecule has 1 fully saturated rings. The van der Waals surface area contributed by atoms with E-state index in [4.69, 9.17) is 0 Å². The summed E-state index contributed by atoms with van der Waals surface area (Å²) in [6, 6.07) is 10.5. The zero-order valence-corrected chi connectivity index (χ0v) is 13.1. The largest absolute Gasteiger partial charge is 0.337 e. The van der Waals surface area contributed by atoms with Crippen LogP contribution < -0.4 is 5.32 Å². The first-order valence-electron chi connectivity index (χ1n) is 8.15. The molecule has 1 amide bonds. The van der Waals surface area contributed by atoms with E-state index in [1.165, 1.54) is 0 Å². The highest BCUT2D eigenvalue weighted by molar-refractivity contribution is 5.96. The third kappa shape index (κ3) is 3.28. The first-order chi connectivity index (χ1) is 10.8. The number of likely N-dealkylation sites (tertiary alicyclic amines) is 1. The van der Waals surface area contributed by atoms with Crippen LogP contribution in [0.4, 0.5) is 0 Å². The van der Waals surface area contributed by atoms with Crippen LogP contribution in [0.5, 0.6) is 0 Å². The number of carbonyl (C=O) groups is 1. The molecule has 2 heterocycles. The predicted molar refractivity (Wildman–Crippen MR) is 89.0 cm³/mol. The number of fused-ring (bicyclic) bond motifs is 1. The number of hydrogen-bond donors (Lipinski definition) is 1. The fourth-order valence-corrected chi connectivity index (χ4v) is 3.00. The molecule has 0 atom stereocenters. The molecule has 1 saturated heterocycles. The number of carbonyl (C=O) groups excluding carboxylic acids is 1. The number of pyridine rings is 1. The number of rotatable bonds is 4. The quantitative estimate of drug-likeness (QED) is 0.944. The van der Waals surface area contributed by atoms with Gasteiger partial charge in [0.15, 0.2) is 0 Å². The summed E-state index contributed by atoms with van der Waals surface area (Å²) in [5, 5.41) is 5.68. The van der Waals surface area contributed by atoms with Gasteiger partial charge in [-0.05, 0) is 37.3 Å². The topological polar surface area (TPSA) is 45.2 Å². The number of nitrogens with zero attached hydrogens (tertiary/aromatic N) is 2. The van der Waals surface area contributed by atoms with Crippen molar-refractivity contribution in [2.45, 2.75) is 32.2 Å². The van der Waals surface area contributed by atoms with Crippen molar-refractivity contribution in [2.75, 3.05) is 19.6 Å². The van der Waals surface area contributed by atoms with Gasteiger partial charge in [0.05, 0.1) is 0 Å². The Bertz CT molecular complexity index is 648. The molecule has 1 N–H and O–H groups in total. The molecule has 3 rings (SSSR count). The third-order valence-electron chi connectivity index (χ3n) is 4.32. The fraction of sp³-hybridized carbons (Fsp3) is 0.444. The maximum absolute atomic E-state index is 12.6. The fourth-order valence-electron chi connectivity index (χ4n) is 3.00. The van der Waals surface area contributed by atoms with Gasteiger partial charge in [0.1, 0.15) is 5.69 Å². The lowest BCUT2D eigenvalue weighted by atomic mass is 10.0. The lowest BCUT2D eigenvalue weighted by Crippen LogP contribution is -2.45. The van der Waals surface area contributed by atoms with Gasteiger partial charge in [0.2, 0.25) is 0 Å². The van der Waals surface area contributed by atoms with Crippen molar-refractivity contribution in [1.29, 1.82) is 0 Å². The normalized spacial score (nSPS) is 16.1. The molecule has 0 radical (unpaired) electrons. The molecule has 1 aromatic carbocycles. The number of hydrogen-bond acceptors (Lipinski definition) is 3. The van der Waals surface area contributed by atoms with Gasteiger partial charge < -0.3 is 10.2 Å². The second-order valence-electron chi connectivity index (χ2n) is 5.94. The molecule has 0 saturated carbocycles. The lowest BCUT2D eigenvalue weighted by molar-refractivity contribution is 0.0699. The van der Waals surface area contributed by atoms with Gasteiger partial charge in [-0.3, -0.25) is 9.78 Å². The standard InChI is InChI=1S/C18H23N3O/c1-2-9-19-16-7-10-21(11-8-16)18(22)17-12-14-5-3-4-6-15(14)13-20-17/h3-6,12-13,16,19H,2,7-11H2,1H3. The number of amides is 1. The van der Waals surface area contributed by atoms with Crippen LogP contribution in [0.3, 0.4) is 0 Å². The Morgan fingerprint density at radius 1 is 1.27 bits per heavy atom. The zero-order valence-electron chi connectivity index (χ0n) is 13.1. The van der Waals surface area contributed by atoms with E-state index >= 15 is 0 Å². The van der Waals surface area contributed by atoms with Crippen LogP contribution in [0, 0.1) is 0 Å². The second kappa shape index (κ2) is 6.88. The Balaban J connectivity index is 1.66. The van der Waals surface area contributed by atoms with Crippen molar-refractivity contribution >= 4 is 16.7 Å². The second-order valence-corrected chi connectivity index (χ2v) is 5.94. The summed E-state index contributed by atoms with van der Waals surface area (Å²) in [5.41, 5.74) is 0.554. The van der Waals surface area contributed by atoms with Gasteiger partial charge in [-0.1, -0.05) is 31.2 Å². The highest BCUT2D eigenvalue weighted by Crippen LogP contribution is 2.17. The smallest absolute Gasteiger partial charge is 0.272 e. The molecule has 4 heteroatoms. The minimum Gasteiger partial charge on any atom is -0.337 e. The maximum atomic E-state index is 12.6. The molecule has 1 aromatic heterocycles. The van der Waals surface area contributed by atoms with Crippen molar-refractivity contribution in [1.82, 2.24) is 15.2 Å². The van der Waals surface area contributed by atoms with Gasteiger partial charge in [0, 0.05) is 30.7 Å². The van der Waals surface area contributed by atoms with Crippen LogP contribution in [-0.4, -0.2) is 41.5 Å². The molecule has 0 unspecified atom stereocenters. The average Bonchev–Trinajstić information content (AvgIpc) is 2.59. The molecule has 0 spiro atoms. The van der Waals surface area contributed by atoms with Gasteiger partial charge in [0.25, 0.3) is 5.91 Å². The van der Waals surface area contributed by atoms with E-state index in [1.807, 2.05) is 35.2 Å². The van der Waals surface area contributed by atoms with E-state index in [1.54, 1.807) is 6.20 Å². The molecule has 4 nitrogen and oxygen atoms in total. The molecule has 1 aliphatic heterocycles. The van der Waals surface area contributed by atoms with Crippen molar-refractivity contribution in [3.05, 3.63) is 42.2 Å². The summed E-state index contributed by atoms with van der Waals surface area (Å²) in [5.74, 6) is 0.0553. The Labute approximate surface area is 131 Å². The first-order valence-corrected chi connectivity index (χ1v) is 8.15. The molecule has 0 bridgehead atoms. The van der Waals surface area contributed by atoms with E-state index in [0.717, 1.165) is 49.7 Å². The molecule has 116 valence electrons. The molecule has 2 aromatic rings. The van der Waals surface area contributed by atoms with Crippen LogP contribution in [0.2, 0.25) is 0 Å². The lowest BCUT2D eigenvalue weighted by Gasteiger charge is -2.32. The van der Waals surface area contributed by atoms with E-state index in [-0.39, 0.29) is 5.91 Å². The Morgan fingerprint density at radius 3 is 2.73 bits per heavy atom. The number of benzene rings is 1. The third-order valence-corrected chi connectivity index (χ3v) is 4.32. The minimum atomic E-state index is 0.0553. The summed E-state index contributed by atoms with van der Waals surface area (Å²) in [7, 11) is 0. The van der Waals surface area contributed by atoms with Crippen LogP contribution in [0.1, 0.15) is 36.7 Å². The summed E-state index contributed by atoms with van der Waals surface area (Å²) in [6.07, 6.45) is 5.00. The minimum absolute atomic E-state index is 0.0553. The summed E-state index contributed by atoms with van der Waals surface area (Å²) in [6.45, 7) is 4.87. The van der Waals surface area contributed by atoms with Gasteiger partial charge in [-0.25, -0.2) is 0 Å². The van der Waals surface area contributed by atoms with E-state index in [2.05, 4.69) is 17.2 Å². The number of nitrogens with one attached hydrogen (secondary N) is 1. The van der Waals surface area contributed by atoms with Gasteiger partial charge in [-0.2, -0.15) is 0 Å². The van der Waals surface area contributed by atoms with Crippen molar-refractivity contribution < 1.29 is 4.79 Å². The molecule has 0 aliphatic carbocycles. The predicted octanol–water partition coefficient (Wildman–Crippen LogP) is 2.84. The van der Waals surface area contributed by atoms with Crippen molar-refractivity contribution in [3.8, 4) is 0 Å². The maximum Gasteiger partial charge on any atom is 0.272 e. The summed E-state index contributed by atoms with van der Waals surface area (Å²) >= 11 is 0. The molecule has 22 heavy (non-hydrogen) atoms. The van der Waals surface area contributed by atoms with Crippen LogP contribution in [-0.2, 0) is 0 Å². The van der Waals surface area contributed by atoms with Crippen molar-refractivity contribution in [3.63, 3.8) is 0 Å². The summed E-state index contributed by atoms with van der Waals surface area (Å²) < 4.78 is 0. The van der Waals surface area contributed by atoms with E-state index < -0.39 is 0 Å². The van der Waals surface area contributed by atoms with E-state index in [9.17, 15) is 4.79 Å². The monoisotopic (exact) mass is 297 g/mol. The van der Waals surface area contributed by atoms with Crippen LogP contribution in [0.15, 0.2) is 36.5 Å². The number of aromatic nitrogens is 1. The Morgan fingerprint density at radius 2 is 2.00 bits per heavy atom. The van der Waals surface area contributed by atoms with Crippen molar-refractivity contribution in [2.24, 2.45) is 0 Å². The number of piperidine rings is 1. The first kappa shape index (κ1) is 15.0. The Kier molecular flexibility index (Phi) is 4.68. The highest BCUT2D eigenvalue weighted by Gasteiger charge is 2.23. The van der Waals surface area contributed by atoms with Gasteiger partial charge >= 0.3 is 0 Å². The molecule has 1 aliphatic rings. The highest BCUT2D eigenvalue weighted by atomic mass is 16.2. The van der Waals surface area contributed by atoms with Crippen LogP contribution >= 0.6 is 0 Å². The van der Waals surface area contributed by atoms with Crippen LogP contribution in [0.25, 0.3) is 10.8 Å². The summed E-state index contributed by atoms with van der Waals surface area (Å²) in [4.78, 5) is 18.9. The molecular formula is C18H23N3O.